The lowest BCUT2D eigenvalue weighted by Crippen LogP contribution is -2.09. The number of halogens is 1. The van der Waals surface area contributed by atoms with E-state index in [-0.39, 0.29) is 0 Å². The van der Waals surface area contributed by atoms with Gasteiger partial charge in [0.2, 0.25) is 0 Å². The molecule has 0 bridgehead atoms. The second kappa shape index (κ2) is 7.46. The Labute approximate surface area is 123 Å². The summed E-state index contributed by atoms with van der Waals surface area (Å²) in [5.74, 6) is 0.406. The first-order valence-corrected chi connectivity index (χ1v) is 7.66. The molecule has 0 aliphatic carbocycles. The molecule has 19 heavy (non-hydrogen) atoms. The highest BCUT2D eigenvalue weighted by atomic mass is 79.9. The van der Waals surface area contributed by atoms with Crippen molar-refractivity contribution < 1.29 is 4.74 Å². The van der Waals surface area contributed by atoms with Gasteiger partial charge in [0.25, 0.3) is 0 Å². The molecule has 2 aromatic carbocycles. The Hall–Kier alpha value is -1.12. The van der Waals surface area contributed by atoms with Crippen molar-refractivity contribution in [2.45, 2.75) is 19.4 Å². The molecule has 0 N–H and O–H groups in total. The van der Waals surface area contributed by atoms with E-state index in [1.807, 2.05) is 18.2 Å². The standard InChI is InChI=1S/C17H19BrO/c1-14-6-5-9-16(10-14)17(11-18)13-19-12-15-7-3-2-4-8-15/h2-10,17H,11-13H2,1H3. The summed E-state index contributed by atoms with van der Waals surface area (Å²) in [7, 11) is 0. The summed E-state index contributed by atoms with van der Waals surface area (Å²) in [4.78, 5) is 0. The fourth-order valence-corrected chi connectivity index (χ4v) is 2.61. The molecule has 0 saturated heterocycles. The first kappa shape index (κ1) is 14.3. The average molecular weight is 319 g/mol. The summed E-state index contributed by atoms with van der Waals surface area (Å²) >= 11 is 3.58. The van der Waals surface area contributed by atoms with Gasteiger partial charge in [0, 0.05) is 11.2 Å². The highest BCUT2D eigenvalue weighted by molar-refractivity contribution is 9.09. The van der Waals surface area contributed by atoms with Crippen LogP contribution in [0.5, 0.6) is 0 Å². The van der Waals surface area contributed by atoms with E-state index < -0.39 is 0 Å². The van der Waals surface area contributed by atoms with Gasteiger partial charge in [-0.15, -0.1) is 0 Å². The van der Waals surface area contributed by atoms with Gasteiger partial charge < -0.3 is 4.74 Å². The van der Waals surface area contributed by atoms with Gasteiger partial charge in [-0.05, 0) is 18.1 Å². The molecule has 2 aromatic rings. The van der Waals surface area contributed by atoms with E-state index in [2.05, 4.69) is 59.3 Å². The van der Waals surface area contributed by atoms with Crippen LogP contribution in [0.2, 0.25) is 0 Å². The molecule has 0 spiro atoms. The molecule has 1 unspecified atom stereocenters. The van der Waals surface area contributed by atoms with Crippen LogP contribution in [-0.2, 0) is 11.3 Å². The molecular formula is C17H19BrO. The second-order valence-electron chi connectivity index (χ2n) is 4.77. The molecule has 0 aliphatic heterocycles. The van der Waals surface area contributed by atoms with Gasteiger partial charge in [-0.25, -0.2) is 0 Å². The van der Waals surface area contributed by atoms with Gasteiger partial charge in [-0.3, -0.25) is 0 Å². The lowest BCUT2D eigenvalue weighted by molar-refractivity contribution is 0.111. The molecule has 1 atom stereocenters. The molecule has 0 saturated carbocycles. The maximum atomic E-state index is 5.84. The van der Waals surface area contributed by atoms with Crippen molar-refractivity contribution in [3.63, 3.8) is 0 Å². The Morgan fingerprint density at radius 3 is 2.53 bits per heavy atom. The second-order valence-corrected chi connectivity index (χ2v) is 5.41. The molecule has 1 nitrogen and oxygen atoms in total. The highest BCUT2D eigenvalue weighted by Gasteiger charge is 2.10. The van der Waals surface area contributed by atoms with Gasteiger partial charge in [-0.1, -0.05) is 76.1 Å². The first-order chi connectivity index (χ1) is 9.29. The predicted octanol–water partition coefficient (Wildman–Crippen LogP) is 4.69. The lowest BCUT2D eigenvalue weighted by Gasteiger charge is -2.15. The predicted molar refractivity (Wildman–Crippen MR) is 83.8 cm³/mol. The summed E-state index contributed by atoms with van der Waals surface area (Å²) in [6.45, 7) is 3.54. The monoisotopic (exact) mass is 318 g/mol. The molecule has 0 fully saturated rings. The van der Waals surface area contributed by atoms with E-state index in [1.54, 1.807) is 0 Å². The van der Waals surface area contributed by atoms with E-state index >= 15 is 0 Å². The zero-order chi connectivity index (χ0) is 13.5. The first-order valence-electron chi connectivity index (χ1n) is 6.54. The Kier molecular flexibility index (Phi) is 5.62. The van der Waals surface area contributed by atoms with Crippen LogP contribution in [0.3, 0.4) is 0 Å². The van der Waals surface area contributed by atoms with Crippen molar-refractivity contribution in [2.24, 2.45) is 0 Å². The molecule has 100 valence electrons. The molecule has 2 rings (SSSR count). The number of alkyl halides is 1. The van der Waals surface area contributed by atoms with E-state index in [4.69, 9.17) is 4.74 Å². The number of ether oxygens (including phenoxy) is 1. The van der Waals surface area contributed by atoms with Crippen LogP contribution in [0, 0.1) is 6.92 Å². The van der Waals surface area contributed by atoms with Crippen LogP contribution in [0.4, 0.5) is 0 Å². The number of aryl methyl sites for hydroxylation is 1. The van der Waals surface area contributed by atoms with Crippen molar-refractivity contribution in [2.75, 3.05) is 11.9 Å². The van der Waals surface area contributed by atoms with Gasteiger partial charge in [0.1, 0.15) is 0 Å². The fourth-order valence-electron chi connectivity index (χ4n) is 2.05. The van der Waals surface area contributed by atoms with E-state index in [0.29, 0.717) is 12.5 Å². The van der Waals surface area contributed by atoms with Crippen LogP contribution < -0.4 is 0 Å². The highest BCUT2D eigenvalue weighted by Crippen LogP contribution is 2.20. The number of hydrogen-bond acceptors (Lipinski definition) is 1. The molecule has 0 aromatic heterocycles. The maximum absolute atomic E-state index is 5.84. The fraction of sp³-hybridized carbons (Fsp3) is 0.294. The Morgan fingerprint density at radius 2 is 1.84 bits per heavy atom. The molecule has 0 heterocycles. The van der Waals surface area contributed by atoms with Gasteiger partial charge >= 0.3 is 0 Å². The zero-order valence-electron chi connectivity index (χ0n) is 11.2. The lowest BCUT2D eigenvalue weighted by atomic mass is 10.0. The largest absolute Gasteiger partial charge is 0.376 e. The summed E-state index contributed by atoms with van der Waals surface area (Å²) in [6, 6.07) is 18.9. The number of rotatable bonds is 6. The average Bonchev–Trinajstić information content (AvgIpc) is 2.45. The van der Waals surface area contributed by atoms with E-state index in [1.165, 1.54) is 16.7 Å². The van der Waals surface area contributed by atoms with Crippen molar-refractivity contribution in [1.82, 2.24) is 0 Å². The zero-order valence-corrected chi connectivity index (χ0v) is 12.8. The van der Waals surface area contributed by atoms with Crippen LogP contribution in [-0.4, -0.2) is 11.9 Å². The maximum Gasteiger partial charge on any atom is 0.0717 e. The van der Waals surface area contributed by atoms with Crippen LogP contribution in [0.1, 0.15) is 22.6 Å². The molecular weight excluding hydrogens is 300 g/mol. The SMILES string of the molecule is Cc1cccc(C(CBr)COCc2ccccc2)c1. The van der Waals surface area contributed by atoms with Gasteiger partial charge in [-0.2, -0.15) is 0 Å². The Bertz CT molecular complexity index is 496. The Balaban J connectivity index is 1.89. The molecule has 0 amide bonds. The molecule has 0 radical (unpaired) electrons. The van der Waals surface area contributed by atoms with E-state index in [9.17, 15) is 0 Å². The summed E-state index contributed by atoms with van der Waals surface area (Å²) in [5, 5.41) is 0.922. The third kappa shape index (κ3) is 4.48. The van der Waals surface area contributed by atoms with Crippen LogP contribution >= 0.6 is 15.9 Å². The van der Waals surface area contributed by atoms with Gasteiger partial charge in [0.15, 0.2) is 0 Å². The third-order valence-corrected chi connectivity index (χ3v) is 3.91. The minimum atomic E-state index is 0.406. The van der Waals surface area contributed by atoms with Gasteiger partial charge in [0.05, 0.1) is 13.2 Å². The number of hydrogen-bond donors (Lipinski definition) is 0. The van der Waals surface area contributed by atoms with Crippen molar-refractivity contribution >= 4 is 15.9 Å². The Morgan fingerprint density at radius 1 is 1.05 bits per heavy atom. The van der Waals surface area contributed by atoms with Crippen LogP contribution in [0.15, 0.2) is 54.6 Å². The van der Waals surface area contributed by atoms with Crippen molar-refractivity contribution in [3.8, 4) is 0 Å². The topological polar surface area (TPSA) is 9.23 Å². The van der Waals surface area contributed by atoms with E-state index in [0.717, 1.165) is 11.9 Å². The number of benzene rings is 2. The minimum absolute atomic E-state index is 0.406. The molecule has 0 aliphatic rings. The summed E-state index contributed by atoms with van der Waals surface area (Å²) in [5.41, 5.74) is 3.86. The van der Waals surface area contributed by atoms with Crippen LogP contribution in [0.25, 0.3) is 0 Å². The smallest absolute Gasteiger partial charge is 0.0717 e. The minimum Gasteiger partial charge on any atom is -0.376 e. The normalized spacial score (nSPS) is 12.3. The molecule has 2 heteroatoms. The third-order valence-electron chi connectivity index (χ3n) is 3.13. The summed E-state index contributed by atoms with van der Waals surface area (Å²) in [6.07, 6.45) is 0. The van der Waals surface area contributed by atoms with Crippen molar-refractivity contribution in [1.29, 1.82) is 0 Å². The summed E-state index contributed by atoms with van der Waals surface area (Å²) < 4.78 is 5.84. The van der Waals surface area contributed by atoms with Crippen molar-refractivity contribution in [3.05, 3.63) is 71.3 Å². The quantitative estimate of drug-likeness (QED) is 0.702.